The summed E-state index contributed by atoms with van der Waals surface area (Å²) in [5.74, 6) is 2.30. The van der Waals surface area contributed by atoms with Gasteiger partial charge in [0.05, 0.1) is 7.11 Å². The van der Waals surface area contributed by atoms with Gasteiger partial charge in [0.2, 0.25) is 0 Å². The Labute approximate surface area is 96.7 Å². The third-order valence-corrected chi connectivity index (χ3v) is 5.20. The van der Waals surface area contributed by atoms with Crippen molar-refractivity contribution in [3.8, 4) is 0 Å². The lowest BCUT2D eigenvalue weighted by Crippen LogP contribution is -2.57. The summed E-state index contributed by atoms with van der Waals surface area (Å²) < 4.78 is 4.84. The smallest absolute Gasteiger partial charge is 0.323 e. The van der Waals surface area contributed by atoms with Gasteiger partial charge in [-0.25, -0.2) is 0 Å². The van der Waals surface area contributed by atoms with Crippen LogP contribution in [-0.4, -0.2) is 19.1 Å². The highest BCUT2D eigenvalue weighted by atomic mass is 16.5. The molecule has 4 aliphatic rings. The van der Waals surface area contributed by atoms with Crippen molar-refractivity contribution in [2.24, 2.45) is 28.9 Å². The molecule has 1 unspecified atom stereocenters. The SMILES string of the molecule is COC(=O)C(N)C12CC3CC(CC(C3)C1)C2. The number of carbonyl (C=O) groups excluding carboxylic acids is 1. The summed E-state index contributed by atoms with van der Waals surface area (Å²) in [4.78, 5) is 11.7. The van der Waals surface area contributed by atoms with Crippen LogP contribution in [0.2, 0.25) is 0 Å². The van der Waals surface area contributed by atoms with Gasteiger partial charge in [-0.1, -0.05) is 0 Å². The number of rotatable bonds is 2. The summed E-state index contributed by atoms with van der Waals surface area (Å²) in [6.45, 7) is 0. The Bertz CT molecular complexity index is 278. The molecule has 4 rings (SSSR count). The summed E-state index contributed by atoms with van der Waals surface area (Å²) in [6, 6.07) is -0.383. The molecular weight excluding hydrogens is 202 g/mol. The topological polar surface area (TPSA) is 52.3 Å². The highest BCUT2D eigenvalue weighted by molar-refractivity contribution is 5.76. The van der Waals surface area contributed by atoms with Gasteiger partial charge in [0.1, 0.15) is 6.04 Å². The molecule has 0 saturated heterocycles. The van der Waals surface area contributed by atoms with Gasteiger partial charge >= 0.3 is 5.97 Å². The molecule has 0 aromatic heterocycles. The Morgan fingerprint density at radius 3 is 2.00 bits per heavy atom. The van der Waals surface area contributed by atoms with E-state index < -0.39 is 0 Å². The maximum absolute atomic E-state index is 11.7. The summed E-state index contributed by atoms with van der Waals surface area (Å²) in [6.07, 6.45) is 7.63. The lowest BCUT2D eigenvalue weighted by atomic mass is 9.48. The van der Waals surface area contributed by atoms with E-state index >= 15 is 0 Å². The first kappa shape index (κ1) is 10.6. The number of hydrogen-bond acceptors (Lipinski definition) is 3. The van der Waals surface area contributed by atoms with Gasteiger partial charge in [0, 0.05) is 0 Å². The molecule has 3 nitrogen and oxygen atoms in total. The van der Waals surface area contributed by atoms with Gasteiger partial charge in [-0.05, 0) is 61.7 Å². The summed E-state index contributed by atoms with van der Waals surface area (Å²) in [5, 5.41) is 0. The molecule has 0 radical (unpaired) electrons. The average molecular weight is 223 g/mol. The van der Waals surface area contributed by atoms with Crippen LogP contribution in [0.3, 0.4) is 0 Å². The highest BCUT2D eigenvalue weighted by Crippen LogP contribution is 2.61. The summed E-state index contributed by atoms with van der Waals surface area (Å²) in [7, 11) is 1.45. The average Bonchev–Trinajstić information content (AvgIpc) is 2.25. The first-order chi connectivity index (χ1) is 7.63. The van der Waals surface area contributed by atoms with E-state index in [1.54, 1.807) is 0 Å². The van der Waals surface area contributed by atoms with Gasteiger partial charge in [0.15, 0.2) is 0 Å². The molecule has 2 N–H and O–H groups in total. The predicted octanol–water partition coefficient (Wildman–Crippen LogP) is 1.70. The number of carbonyl (C=O) groups is 1. The molecule has 4 fully saturated rings. The van der Waals surface area contributed by atoms with Gasteiger partial charge in [-0.2, -0.15) is 0 Å². The molecule has 0 spiro atoms. The Balaban J connectivity index is 1.85. The van der Waals surface area contributed by atoms with Gasteiger partial charge < -0.3 is 10.5 Å². The zero-order valence-corrected chi connectivity index (χ0v) is 9.95. The molecule has 4 saturated carbocycles. The van der Waals surface area contributed by atoms with Crippen molar-refractivity contribution < 1.29 is 9.53 Å². The molecule has 3 heteroatoms. The van der Waals surface area contributed by atoms with Crippen LogP contribution < -0.4 is 5.73 Å². The predicted molar refractivity (Wildman–Crippen MR) is 60.6 cm³/mol. The Morgan fingerprint density at radius 2 is 1.62 bits per heavy atom. The second-order valence-electron chi connectivity index (χ2n) is 6.28. The molecule has 90 valence electrons. The van der Waals surface area contributed by atoms with E-state index in [1.165, 1.54) is 26.4 Å². The van der Waals surface area contributed by atoms with Crippen LogP contribution in [0.1, 0.15) is 38.5 Å². The van der Waals surface area contributed by atoms with Crippen molar-refractivity contribution in [2.75, 3.05) is 7.11 Å². The van der Waals surface area contributed by atoms with E-state index in [-0.39, 0.29) is 17.4 Å². The third kappa shape index (κ3) is 1.41. The zero-order valence-electron chi connectivity index (χ0n) is 9.95. The Hall–Kier alpha value is -0.570. The van der Waals surface area contributed by atoms with E-state index in [1.807, 2.05) is 0 Å². The molecule has 0 heterocycles. The lowest BCUT2D eigenvalue weighted by molar-refractivity contribution is -0.152. The van der Waals surface area contributed by atoms with Crippen LogP contribution in [0.15, 0.2) is 0 Å². The molecule has 4 bridgehead atoms. The second-order valence-corrected chi connectivity index (χ2v) is 6.28. The minimum absolute atomic E-state index is 0.0852. The summed E-state index contributed by atoms with van der Waals surface area (Å²) in [5.41, 5.74) is 6.24. The second kappa shape index (κ2) is 3.46. The molecule has 16 heavy (non-hydrogen) atoms. The minimum atomic E-state index is -0.383. The van der Waals surface area contributed by atoms with Gasteiger partial charge in [-0.3, -0.25) is 4.79 Å². The van der Waals surface area contributed by atoms with E-state index in [0.29, 0.717) is 0 Å². The number of nitrogens with two attached hydrogens (primary N) is 1. The molecule has 0 aliphatic heterocycles. The quantitative estimate of drug-likeness (QED) is 0.725. The number of esters is 1. The van der Waals surface area contributed by atoms with Crippen molar-refractivity contribution in [1.29, 1.82) is 0 Å². The van der Waals surface area contributed by atoms with Crippen molar-refractivity contribution in [3.05, 3.63) is 0 Å². The number of ether oxygens (including phenoxy) is 1. The van der Waals surface area contributed by atoms with E-state index in [9.17, 15) is 4.79 Å². The van der Waals surface area contributed by atoms with Crippen LogP contribution in [0.25, 0.3) is 0 Å². The number of methoxy groups -OCH3 is 1. The highest BCUT2D eigenvalue weighted by Gasteiger charge is 2.55. The molecular formula is C13H21NO2. The van der Waals surface area contributed by atoms with Crippen LogP contribution in [0.5, 0.6) is 0 Å². The van der Waals surface area contributed by atoms with Crippen LogP contribution in [0, 0.1) is 23.2 Å². The first-order valence-corrected chi connectivity index (χ1v) is 6.46. The molecule has 0 aromatic rings. The van der Waals surface area contributed by atoms with Crippen molar-refractivity contribution in [2.45, 2.75) is 44.6 Å². The van der Waals surface area contributed by atoms with Crippen molar-refractivity contribution in [3.63, 3.8) is 0 Å². The van der Waals surface area contributed by atoms with E-state index in [2.05, 4.69) is 0 Å². The zero-order chi connectivity index (χ0) is 11.3. The first-order valence-electron chi connectivity index (χ1n) is 6.46. The van der Waals surface area contributed by atoms with Crippen LogP contribution in [-0.2, 0) is 9.53 Å². The monoisotopic (exact) mass is 223 g/mol. The fourth-order valence-electron chi connectivity index (χ4n) is 4.94. The normalized spacial score (nSPS) is 46.8. The van der Waals surface area contributed by atoms with E-state index in [0.717, 1.165) is 37.0 Å². The van der Waals surface area contributed by atoms with Gasteiger partial charge in [0.25, 0.3) is 0 Å². The van der Waals surface area contributed by atoms with Crippen LogP contribution >= 0.6 is 0 Å². The minimum Gasteiger partial charge on any atom is -0.468 e. The molecule has 1 atom stereocenters. The Kier molecular flexibility index (Phi) is 2.29. The fourth-order valence-corrected chi connectivity index (χ4v) is 4.94. The van der Waals surface area contributed by atoms with Crippen LogP contribution in [0.4, 0.5) is 0 Å². The van der Waals surface area contributed by atoms with Crippen molar-refractivity contribution >= 4 is 5.97 Å². The van der Waals surface area contributed by atoms with Crippen molar-refractivity contribution in [1.82, 2.24) is 0 Å². The maximum atomic E-state index is 11.7. The standard InChI is InChI=1S/C13H21NO2/c1-16-12(15)11(14)13-5-8-2-9(6-13)4-10(3-8)7-13/h8-11H,2-7,14H2,1H3. The van der Waals surface area contributed by atoms with E-state index in [4.69, 9.17) is 10.5 Å². The summed E-state index contributed by atoms with van der Waals surface area (Å²) >= 11 is 0. The number of hydrogen-bond donors (Lipinski definition) is 1. The third-order valence-electron chi connectivity index (χ3n) is 5.20. The molecule has 4 aliphatic carbocycles. The Morgan fingerprint density at radius 1 is 1.19 bits per heavy atom. The molecule has 0 aromatic carbocycles. The largest absolute Gasteiger partial charge is 0.468 e. The van der Waals surface area contributed by atoms with Gasteiger partial charge in [-0.15, -0.1) is 0 Å². The fraction of sp³-hybridized carbons (Fsp3) is 0.923. The molecule has 0 amide bonds. The lowest BCUT2D eigenvalue weighted by Gasteiger charge is -2.58. The maximum Gasteiger partial charge on any atom is 0.323 e.